The largest absolute Gasteiger partial charge is 0.332 e. The SMILES string of the molecule is CNCC1CCCCN1C(=O)c1n[nH]c(C2CC2)n1. The Morgan fingerprint density at radius 3 is 3.00 bits per heavy atom. The van der Waals surface area contributed by atoms with E-state index >= 15 is 0 Å². The minimum atomic E-state index is -0.0249. The molecule has 1 amide bonds. The van der Waals surface area contributed by atoms with E-state index in [1.165, 1.54) is 6.42 Å². The molecule has 19 heavy (non-hydrogen) atoms. The molecule has 1 aromatic heterocycles. The summed E-state index contributed by atoms with van der Waals surface area (Å²) < 4.78 is 0. The van der Waals surface area contributed by atoms with Crippen molar-refractivity contribution in [1.82, 2.24) is 25.4 Å². The maximum atomic E-state index is 12.5. The molecule has 1 aliphatic carbocycles. The van der Waals surface area contributed by atoms with Gasteiger partial charge in [0, 0.05) is 25.0 Å². The molecule has 0 aromatic carbocycles. The number of likely N-dealkylation sites (N-methyl/N-ethyl adjacent to an activating group) is 1. The number of H-pyrrole nitrogens is 1. The Labute approximate surface area is 113 Å². The van der Waals surface area contributed by atoms with Gasteiger partial charge in [-0.2, -0.15) is 0 Å². The minimum Gasteiger partial charge on any atom is -0.332 e. The fraction of sp³-hybridized carbons (Fsp3) is 0.769. The van der Waals surface area contributed by atoms with Gasteiger partial charge in [-0.3, -0.25) is 9.89 Å². The molecule has 1 unspecified atom stereocenters. The first-order chi connectivity index (χ1) is 9.29. The van der Waals surface area contributed by atoms with E-state index in [4.69, 9.17) is 0 Å². The molecule has 1 saturated carbocycles. The smallest absolute Gasteiger partial charge is 0.293 e. The van der Waals surface area contributed by atoms with Crippen molar-refractivity contribution >= 4 is 5.91 Å². The monoisotopic (exact) mass is 263 g/mol. The third-order valence-electron chi connectivity index (χ3n) is 3.99. The summed E-state index contributed by atoms with van der Waals surface area (Å²) >= 11 is 0. The molecule has 0 radical (unpaired) electrons. The molecule has 3 rings (SSSR count). The van der Waals surface area contributed by atoms with Crippen molar-refractivity contribution in [2.45, 2.75) is 44.1 Å². The van der Waals surface area contributed by atoms with Crippen LogP contribution in [-0.4, -0.2) is 52.2 Å². The number of aromatic amines is 1. The summed E-state index contributed by atoms with van der Waals surface area (Å²) in [6.07, 6.45) is 5.65. The molecule has 1 aromatic rings. The zero-order chi connectivity index (χ0) is 13.2. The average molecular weight is 263 g/mol. The molecular formula is C13H21N5O. The molecule has 2 aliphatic rings. The molecule has 0 bridgehead atoms. The van der Waals surface area contributed by atoms with Crippen molar-refractivity contribution < 1.29 is 4.79 Å². The molecule has 104 valence electrons. The number of rotatable bonds is 4. The lowest BCUT2D eigenvalue weighted by Gasteiger charge is -2.34. The number of nitrogens with zero attached hydrogens (tertiary/aromatic N) is 3. The van der Waals surface area contributed by atoms with Crippen molar-refractivity contribution in [1.29, 1.82) is 0 Å². The Hall–Kier alpha value is -1.43. The van der Waals surface area contributed by atoms with Crippen LogP contribution in [0.5, 0.6) is 0 Å². The molecule has 6 nitrogen and oxygen atoms in total. The third-order valence-corrected chi connectivity index (χ3v) is 3.99. The molecule has 2 N–H and O–H groups in total. The fourth-order valence-electron chi connectivity index (χ4n) is 2.75. The topological polar surface area (TPSA) is 73.9 Å². The van der Waals surface area contributed by atoms with Gasteiger partial charge in [-0.25, -0.2) is 4.98 Å². The summed E-state index contributed by atoms with van der Waals surface area (Å²) in [6, 6.07) is 0.272. The molecule has 1 aliphatic heterocycles. The summed E-state index contributed by atoms with van der Waals surface area (Å²) in [4.78, 5) is 18.8. The Morgan fingerprint density at radius 2 is 2.26 bits per heavy atom. The van der Waals surface area contributed by atoms with Gasteiger partial charge in [0.2, 0.25) is 5.82 Å². The lowest BCUT2D eigenvalue weighted by Crippen LogP contribution is -2.48. The van der Waals surface area contributed by atoms with Crippen LogP contribution in [-0.2, 0) is 0 Å². The van der Waals surface area contributed by atoms with Crippen molar-refractivity contribution in [2.75, 3.05) is 20.1 Å². The summed E-state index contributed by atoms with van der Waals surface area (Å²) in [5.74, 6) is 1.70. The summed E-state index contributed by atoms with van der Waals surface area (Å²) in [5, 5.41) is 10.2. The van der Waals surface area contributed by atoms with Gasteiger partial charge in [-0.15, -0.1) is 5.10 Å². The molecule has 2 heterocycles. The van der Waals surface area contributed by atoms with E-state index in [1.807, 2.05) is 11.9 Å². The molecule has 2 fully saturated rings. The molecular weight excluding hydrogens is 242 g/mol. The second kappa shape index (κ2) is 5.28. The Morgan fingerprint density at radius 1 is 1.42 bits per heavy atom. The Balaban J connectivity index is 1.72. The van der Waals surface area contributed by atoms with Gasteiger partial charge >= 0.3 is 0 Å². The highest BCUT2D eigenvalue weighted by Crippen LogP contribution is 2.37. The normalized spacial score (nSPS) is 23.6. The van der Waals surface area contributed by atoms with Crippen LogP contribution in [0.3, 0.4) is 0 Å². The zero-order valence-electron chi connectivity index (χ0n) is 11.4. The second-order valence-electron chi connectivity index (χ2n) is 5.52. The van der Waals surface area contributed by atoms with Crippen LogP contribution in [0.1, 0.15) is 54.5 Å². The molecule has 0 spiro atoms. The minimum absolute atomic E-state index is 0.0249. The number of carbonyl (C=O) groups is 1. The van der Waals surface area contributed by atoms with E-state index in [9.17, 15) is 4.79 Å². The molecule has 1 saturated heterocycles. The summed E-state index contributed by atoms with van der Waals surface area (Å²) in [6.45, 7) is 1.66. The number of likely N-dealkylation sites (tertiary alicyclic amines) is 1. The lowest BCUT2D eigenvalue weighted by molar-refractivity contribution is 0.0603. The quantitative estimate of drug-likeness (QED) is 0.846. The maximum Gasteiger partial charge on any atom is 0.293 e. The Kier molecular flexibility index (Phi) is 3.50. The number of nitrogens with one attached hydrogen (secondary N) is 2. The van der Waals surface area contributed by atoms with E-state index in [0.717, 1.165) is 44.6 Å². The van der Waals surface area contributed by atoms with E-state index in [-0.39, 0.29) is 11.9 Å². The third kappa shape index (κ3) is 2.63. The van der Waals surface area contributed by atoms with E-state index in [1.54, 1.807) is 0 Å². The number of piperidine rings is 1. The zero-order valence-corrected chi connectivity index (χ0v) is 11.4. The van der Waals surface area contributed by atoms with Gasteiger partial charge in [0.15, 0.2) is 0 Å². The highest BCUT2D eigenvalue weighted by atomic mass is 16.2. The number of hydrogen-bond donors (Lipinski definition) is 2. The van der Waals surface area contributed by atoms with Crippen LogP contribution in [0.4, 0.5) is 0 Å². The predicted octanol–water partition coefficient (Wildman–Crippen LogP) is 0.896. The van der Waals surface area contributed by atoms with Crippen LogP contribution in [0.25, 0.3) is 0 Å². The van der Waals surface area contributed by atoms with Crippen molar-refractivity contribution in [3.63, 3.8) is 0 Å². The van der Waals surface area contributed by atoms with E-state index in [0.29, 0.717) is 11.7 Å². The van der Waals surface area contributed by atoms with Gasteiger partial charge in [-0.05, 0) is 39.2 Å². The predicted molar refractivity (Wildman–Crippen MR) is 71.0 cm³/mol. The lowest BCUT2D eigenvalue weighted by atomic mass is 10.0. The van der Waals surface area contributed by atoms with Gasteiger partial charge in [0.1, 0.15) is 5.82 Å². The molecule has 6 heteroatoms. The molecule has 1 atom stereocenters. The van der Waals surface area contributed by atoms with Crippen molar-refractivity contribution in [3.8, 4) is 0 Å². The number of aromatic nitrogens is 3. The van der Waals surface area contributed by atoms with Crippen LogP contribution < -0.4 is 5.32 Å². The highest BCUT2D eigenvalue weighted by molar-refractivity contribution is 5.90. The van der Waals surface area contributed by atoms with E-state index < -0.39 is 0 Å². The second-order valence-corrected chi connectivity index (χ2v) is 5.52. The van der Waals surface area contributed by atoms with Gasteiger partial charge in [0.05, 0.1) is 0 Å². The van der Waals surface area contributed by atoms with Crippen LogP contribution in [0, 0.1) is 0 Å². The highest BCUT2D eigenvalue weighted by Gasteiger charge is 2.32. The standard InChI is InChI=1S/C13H21N5O/c1-14-8-10-4-2-3-7-18(10)13(19)12-15-11(16-17-12)9-5-6-9/h9-10,14H,2-8H2,1H3,(H,15,16,17). The first-order valence-corrected chi connectivity index (χ1v) is 7.17. The van der Waals surface area contributed by atoms with Gasteiger partial charge in [-0.1, -0.05) is 0 Å². The number of carbonyl (C=O) groups excluding carboxylic acids is 1. The van der Waals surface area contributed by atoms with Crippen LogP contribution in [0.2, 0.25) is 0 Å². The van der Waals surface area contributed by atoms with Crippen molar-refractivity contribution in [3.05, 3.63) is 11.6 Å². The maximum absolute atomic E-state index is 12.5. The first kappa shape index (κ1) is 12.6. The van der Waals surface area contributed by atoms with Gasteiger partial charge in [0.25, 0.3) is 5.91 Å². The van der Waals surface area contributed by atoms with Crippen LogP contribution in [0.15, 0.2) is 0 Å². The van der Waals surface area contributed by atoms with Crippen molar-refractivity contribution in [2.24, 2.45) is 0 Å². The summed E-state index contributed by atoms with van der Waals surface area (Å²) in [7, 11) is 1.93. The average Bonchev–Trinajstić information content (AvgIpc) is 3.17. The number of amides is 1. The number of hydrogen-bond acceptors (Lipinski definition) is 4. The van der Waals surface area contributed by atoms with Crippen LogP contribution >= 0.6 is 0 Å². The first-order valence-electron chi connectivity index (χ1n) is 7.17. The summed E-state index contributed by atoms with van der Waals surface area (Å²) in [5.41, 5.74) is 0. The van der Waals surface area contributed by atoms with E-state index in [2.05, 4.69) is 20.5 Å². The fourth-order valence-corrected chi connectivity index (χ4v) is 2.75. The van der Waals surface area contributed by atoms with Gasteiger partial charge < -0.3 is 10.2 Å². The Bertz CT molecular complexity index is 452.